The van der Waals surface area contributed by atoms with Crippen molar-refractivity contribution >= 4 is 47.3 Å². The quantitative estimate of drug-likeness (QED) is 0.0218. The van der Waals surface area contributed by atoms with Gasteiger partial charge in [-0.2, -0.15) is 0 Å². The normalized spacial score (nSPS) is 33.7. The fraction of sp³-hybridized carbons (Fsp3) is 0.891. The van der Waals surface area contributed by atoms with Crippen molar-refractivity contribution in [1.29, 1.82) is 0 Å². The van der Waals surface area contributed by atoms with Crippen LogP contribution in [0, 0.1) is 5.92 Å². The molecule has 4 amide bonds. The van der Waals surface area contributed by atoms with Crippen LogP contribution in [0.2, 0.25) is 0 Å². The van der Waals surface area contributed by atoms with Gasteiger partial charge in [-0.25, -0.2) is 14.4 Å². The molecule has 6 fully saturated rings. The van der Waals surface area contributed by atoms with Crippen LogP contribution < -0.4 is 21.3 Å². The van der Waals surface area contributed by atoms with Crippen LogP contribution in [0.25, 0.3) is 0 Å². The molecule has 0 aromatic heterocycles. The monoisotopic (exact) mass is 1990 g/mol. The van der Waals surface area contributed by atoms with E-state index in [0.29, 0.717) is 12.8 Å². The maximum atomic E-state index is 14.4. The number of ketones is 1. The number of aliphatic hydroxyl groups excluding tert-OH is 19. The van der Waals surface area contributed by atoms with Gasteiger partial charge in [-0.1, -0.05) is 193 Å². The maximum absolute atomic E-state index is 14.4. The minimum atomic E-state index is -3.71. The SMILES string of the molecule is CCCCCCCCCCCCCC=C[C@@H](O)[C@H](CO[C@@H]1O[C@H](CO)[C@@H](O[C@@H]2O[C@H](CO)[C@H](O[C@@H]3O[C@H](CO)[C@H](O)[C@H](O)[C@H]3CC(C)=O)[C@H](O[C@]3(C(=O)O)C[C@H](O)[C@@H](NC(C)=O)C([C@H](O)[C@@H](CO)O[C@]4(C(=O)O)C[C@H](O)[C@@H](NC(C)=O)C([C@H](O)[C@@H](CO)O[C@]5(C(=O)O)C[C@H](O)[C@@H](NC(C)=O)C([C@H](O)[C@H](O)CO)O5)O4)O3)[C@H]2O)[C@H](O)[C@H]1O)NC(=O)CCCCCCCCCCCCCCCCCCC. The fourth-order valence-corrected chi connectivity index (χ4v) is 18.6. The second kappa shape index (κ2) is 61.0. The standard InChI is InChI=1S/C92H160N4O42/c1-7-9-11-13-15-17-19-21-22-23-24-26-28-30-32-34-36-38-66(112)96-55(56(107)37-35-33-31-29-27-25-20-18-16-14-12-10-8-2)49-127-85-76(119)75(118)78(64(47-101)129-85)131-86-77(120)83(79(65(48-102)130-86)132-84-54(39-50(3)103)70(113)72(115)61(44-98)128-84)138-92(89(125)126)42-59(110)69(95-53(6)106)82(137-92)74(117)63(46-100)134-91(88(123)124)41-58(109)68(94-52(5)105)81(136-91)73(116)62(45-99)133-90(87(121)122)40-57(108)67(93-51(4)104)80(135-90)71(114)60(111)43-97/h35,37,54-65,67-86,97-102,107-111,113-120H,7-34,36,38-49H2,1-6H3,(H,93,104)(H,94,105)(H,95,106)(H,96,112)(H,121,122)(H,123,124)(H,125,126)/t54-,55+,56-,57+,58+,59+,60-,61-,62-,63-,64-,65-,67-,68-,69-,70-,71-,72+,73-,74-,75-,76-,77-,78-,79+,80?,81?,82?,83-,84+,85-,86+,90-,91-,92+/m1/s1. The number of carbonyl (C=O) groups is 8. The number of nitrogens with one attached hydrogen (secondary N) is 4. The molecule has 3 unspecified atom stereocenters. The third-order valence-electron chi connectivity index (χ3n) is 26.3. The lowest BCUT2D eigenvalue weighted by atomic mass is 9.86. The summed E-state index contributed by atoms with van der Waals surface area (Å²) in [6.07, 6.45) is -31.4. The molecule has 0 saturated carbocycles. The van der Waals surface area contributed by atoms with Gasteiger partial charge < -0.3 is 195 Å². The number of aliphatic hydroxyl groups is 19. The highest BCUT2D eigenvalue weighted by Crippen LogP contribution is 2.45. The van der Waals surface area contributed by atoms with Gasteiger partial charge in [0.1, 0.15) is 122 Å². The summed E-state index contributed by atoms with van der Waals surface area (Å²) >= 11 is 0. The van der Waals surface area contributed by atoms with E-state index in [1.165, 1.54) is 115 Å². The molecule has 0 spiro atoms. The number of ether oxygens (including phenoxy) is 12. The van der Waals surface area contributed by atoms with Crippen molar-refractivity contribution in [2.24, 2.45) is 5.92 Å². The van der Waals surface area contributed by atoms with Gasteiger partial charge in [-0.3, -0.25) is 19.2 Å². The number of amides is 4. The number of carboxylic acids is 3. The van der Waals surface area contributed by atoms with E-state index in [1.807, 2.05) is 0 Å². The van der Waals surface area contributed by atoms with Crippen LogP contribution >= 0.6 is 0 Å². The summed E-state index contributed by atoms with van der Waals surface area (Å²) in [5, 5.41) is 261. The van der Waals surface area contributed by atoms with E-state index in [9.17, 15) is 151 Å². The first-order valence-corrected chi connectivity index (χ1v) is 49.1. The summed E-state index contributed by atoms with van der Waals surface area (Å²) in [4.78, 5) is 107. The van der Waals surface area contributed by atoms with Crippen molar-refractivity contribution < 1.29 is 208 Å². The minimum Gasteiger partial charge on any atom is -0.477 e. The lowest BCUT2D eigenvalue weighted by Crippen LogP contribution is -2.72. The van der Waals surface area contributed by atoms with Crippen molar-refractivity contribution in [3.63, 3.8) is 0 Å². The number of carboxylic acid groups (broad SMARTS) is 3. The van der Waals surface area contributed by atoms with E-state index in [2.05, 4.69) is 35.1 Å². The molecule has 6 saturated heterocycles. The van der Waals surface area contributed by atoms with Gasteiger partial charge in [0, 0.05) is 58.8 Å². The summed E-state index contributed by atoms with van der Waals surface area (Å²) in [5.41, 5.74) is 0. The van der Waals surface area contributed by atoms with E-state index < -0.39 is 332 Å². The topological polar surface area (TPSA) is 741 Å². The Morgan fingerprint density at radius 2 is 0.790 bits per heavy atom. The number of hydrogen-bond donors (Lipinski definition) is 26. The van der Waals surface area contributed by atoms with Crippen LogP contribution in [-0.2, 0) is 95.2 Å². The van der Waals surface area contributed by atoms with Crippen LogP contribution in [0.1, 0.15) is 260 Å². The Morgan fingerprint density at radius 3 is 1.19 bits per heavy atom. The molecule has 0 aliphatic carbocycles. The largest absolute Gasteiger partial charge is 0.477 e. The van der Waals surface area contributed by atoms with Crippen LogP contribution in [0.3, 0.4) is 0 Å². The molecule has 6 aliphatic heterocycles. The molecule has 46 nitrogen and oxygen atoms in total. The second-order valence-corrected chi connectivity index (χ2v) is 37.5. The Morgan fingerprint density at radius 1 is 0.413 bits per heavy atom. The van der Waals surface area contributed by atoms with E-state index in [-0.39, 0.29) is 6.42 Å². The number of hydrogen-bond acceptors (Lipinski definition) is 39. The smallest absolute Gasteiger partial charge is 0.364 e. The van der Waals surface area contributed by atoms with Crippen LogP contribution in [0.15, 0.2) is 12.2 Å². The predicted molar refractivity (Wildman–Crippen MR) is 479 cm³/mol. The molecule has 46 heteroatoms. The molecular weight excluding hydrogens is 1830 g/mol. The molecule has 0 aromatic rings. The first-order valence-electron chi connectivity index (χ1n) is 49.1. The number of allylic oxidation sites excluding steroid dienone is 1. The van der Waals surface area contributed by atoms with Crippen LogP contribution in [0.4, 0.5) is 0 Å². The summed E-state index contributed by atoms with van der Waals surface area (Å²) in [6, 6.07) is -7.29. The minimum absolute atomic E-state index is 0.0832. The van der Waals surface area contributed by atoms with Gasteiger partial charge in [-0.15, -0.1) is 0 Å². The predicted octanol–water partition coefficient (Wildman–Crippen LogP) is -2.65. The third kappa shape index (κ3) is 35.4. The number of aliphatic carboxylic acids is 3. The zero-order chi connectivity index (χ0) is 102. The molecule has 0 bridgehead atoms. The summed E-state index contributed by atoms with van der Waals surface area (Å²) in [7, 11) is 0. The molecule has 0 radical (unpaired) electrons. The molecule has 138 heavy (non-hydrogen) atoms. The van der Waals surface area contributed by atoms with E-state index >= 15 is 0 Å². The highest BCUT2D eigenvalue weighted by atomic mass is 16.8. The van der Waals surface area contributed by atoms with Crippen molar-refractivity contribution in [1.82, 2.24) is 21.3 Å². The number of rotatable bonds is 66. The average Bonchev–Trinajstić information content (AvgIpc) is 0.741. The molecule has 35 atom stereocenters. The Bertz CT molecular complexity index is 3610. The lowest BCUT2D eigenvalue weighted by Gasteiger charge is -2.53. The Balaban J connectivity index is 1.31. The highest BCUT2D eigenvalue weighted by Gasteiger charge is 2.65. The highest BCUT2D eigenvalue weighted by molar-refractivity contribution is 5.79. The van der Waals surface area contributed by atoms with Gasteiger partial charge in [0.25, 0.3) is 17.4 Å². The molecule has 0 aromatic carbocycles. The average molecular weight is 1990 g/mol. The zero-order valence-electron chi connectivity index (χ0n) is 80.1. The van der Waals surface area contributed by atoms with Crippen LogP contribution in [-0.4, -0.2) is 413 Å². The van der Waals surface area contributed by atoms with Gasteiger partial charge >= 0.3 is 17.9 Å². The maximum Gasteiger partial charge on any atom is 0.364 e. The van der Waals surface area contributed by atoms with Gasteiger partial charge in [0.15, 0.2) is 18.9 Å². The summed E-state index contributed by atoms with van der Waals surface area (Å²) < 4.78 is 72.0. The number of Topliss-reactive ketones (excluding diaryl/α,β-unsaturated/α-hetero) is 1. The van der Waals surface area contributed by atoms with Crippen molar-refractivity contribution in [3.05, 3.63) is 12.2 Å². The lowest BCUT2D eigenvalue weighted by molar-refractivity contribution is -0.404. The Hall–Kier alpha value is -5.54. The molecule has 6 aliphatic rings. The number of carbonyl (C=O) groups excluding carboxylic acids is 5. The van der Waals surface area contributed by atoms with Crippen molar-refractivity contribution in [3.8, 4) is 0 Å². The van der Waals surface area contributed by atoms with E-state index in [1.54, 1.807) is 6.08 Å². The Kier molecular flexibility index (Phi) is 53.6. The van der Waals surface area contributed by atoms with Gasteiger partial charge in [0.05, 0.1) is 101 Å². The first kappa shape index (κ1) is 121. The zero-order valence-corrected chi connectivity index (χ0v) is 80.1. The van der Waals surface area contributed by atoms with E-state index in [0.717, 1.165) is 91.9 Å². The molecule has 6 heterocycles. The fourth-order valence-electron chi connectivity index (χ4n) is 18.6. The summed E-state index contributed by atoms with van der Waals surface area (Å²) in [5.74, 6) is -23.6. The van der Waals surface area contributed by atoms with Crippen molar-refractivity contribution in [2.75, 3.05) is 46.2 Å². The Labute approximate surface area is 804 Å². The second-order valence-electron chi connectivity index (χ2n) is 37.5. The van der Waals surface area contributed by atoms with E-state index in [4.69, 9.17) is 56.8 Å². The molecule has 800 valence electrons. The number of unbranched alkanes of at least 4 members (excludes halogenated alkanes) is 27. The summed E-state index contributed by atoms with van der Waals surface area (Å²) in [6.45, 7) is -0.584. The van der Waals surface area contributed by atoms with Crippen LogP contribution in [0.5, 0.6) is 0 Å². The molecule has 26 N–H and O–H groups in total. The van der Waals surface area contributed by atoms with Crippen molar-refractivity contribution in [2.45, 2.75) is 467 Å². The third-order valence-corrected chi connectivity index (χ3v) is 26.3. The first-order chi connectivity index (χ1) is 65.6. The van der Waals surface area contributed by atoms with Gasteiger partial charge in [-0.05, 0) is 26.2 Å². The molecular formula is C92H160N4O42. The van der Waals surface area contributed by atoms with Gasteiger partial charge in [0.2, 0.25) is 23.6 Å². The molecule has 6 rings (SSSR count).